The molecule has 2 heterocycles. The van der Waals surface area contributed by atoms with Crippen molar-refractivity contribution in [3.63, 3.8) is 0 Å². The van der Waals surface area contributed by atoms with Crippen molar-refractivity contribution in [1.82, 2.24) is 15.0 Å². The quantitative estimate of drug-likeness (QED) is 0.449. The minimum absolute atomic E-state index is 0.0278. The van der Waals surface area contributed by atoms with Gasteiger partial charge in [-0.2, -0.15) is 0 Å². The Balaban J connectivity index is 1.78. The fourth-order valence-electron chi connectivity index (χ4n) is 3.14. The van der Waals surface area contributed by atoms with Gasteiger partial charge in [-0.1, -0.05) is 5.21 Å². The van der Waals surface area contributed by atoms with Crippen LogP contribution in [-0.2, 0) is 39.9 Å². The van der Waals surface area contributed by atoms with E-state index in [0.29, 0.717) is 11.4 Å². The number of benzene rings is 1. The molecule has 1 aliphatic rings. The van der Waals surface area contributed by atoms with Crippen molar-refractivity contribution in [3.8, 4) is 5.75 Å². The molecule has 32 heavy (non-hydrogen) atoms. The van der Waals surface area contributed by atoms with Crippen LogP contribution in [0.2, 0.25) is 0 Å². The molecule has 0 saturated carbocycles. The highest BCUT2D eigenvalue weighted by atomic mass is 19.1. The van der Waals surface area contributed by atoms with Crippen molar-refractivity contribution in [3.05, 3.63) is 42.0 Å². The van der Waals surface area contributed by atoms with E-state index in [1.54, 1.807) is 0 Å². The third kappa shape index (κ3) is 6.00. The molecule has 0 bridgehead atoms. The standard InChI is InChI=1S/C20H22FN3O8/c1-11(25)30-17-10-29-20(19(32-13(3)27)18(17)31-12(2)26)24-8-15(22-23-24)9-28-16-6-4-14(21)5-7-16/h4-8,17-20H,9-10H2,1-3H3/t17-,18+,19-,20-/m1/s1. The summed E-state index contributed by atoms with van der Waals surface area (Å²) in [6.45, 7) is 3.45. The maximum atomic E-state index is 13.0. The molecule has 0 amide bonds. The Bertz CT molecular complexity index is 964. The van der Waals surface area contributed by atoms with Crippen LogP contribution in [-0.4, -0.2) is 57.8 Å². The van der Waals surface area contributed by atoms with Crippen molar-refractivity contribution in [2.45, 2.75) is 51.9 Å². The number of nitrogens with zero attached hydrogens (tertiary/aromatic N) is 3. The van der Waals surface area contributed by atoms with Crippen LogP contribution in [0.1, 0.15) is 32.7 Å². The summed E-state index contributed by atoms with van der Waals surface area (Å²) in [4.78, 5) is 34.8. The second-order valence-corrected chi connectivity index (χ2v) is 6.95. The molecule has 1 saturated heterocycles. The van der Waals surface area contributed by atoms with Gasteiger partial charge in [0.05, 0.1) is 12.8 Å². The molecule has 1 aromatic carbocycles. The zero-order chi connectivity index (χ0) is 23.3. The Morgan fingerprint density at radius 1 is 1.03 bits per heavy atom. The first-order chi connectivity index (χ1) is 15.2. The number of hydrogen-bond donors (Lipinski definition) is 0. The van der Waals surface area contributed by atoms with E-state index >= 15 is 0 Å². The largest absolute Gasteiger partial charge is 0.487 e. The highest BCUT2D eigenvalue weighted by Crippen LogP contribution is 2.30. The van der Waals surface area contributed by atoms with Crippen molar-refractivity contribution < 1.29 is 42.5 Å². The van der Waals surface area contributed by atoms with Gasteiger partial charge in [-0.3, -0.25) is 14.4 Å². The predicted octanol–water partition coefficient (Wildman–Crippen LogP) is 1.32. The topological polar surface area (TPSA) is 128 Å². The Morgan fingerprint density at radius 3 is 2.28 bits per heavy atom. The molecule has 11 nitrogen and oxygen atoms in total. The predicted molar refractivity (Wildman–Crippen MR) is 102 cm³/mol. The van der Waals surface area contributed by atoms with E-state index in [9.17, 15) is 18.8 Å². The lowest BCUT2D eigenvalue weighted by Crippen LogP contribution is -2.55. The number of carbonyl (C=O) groups is 3. The number of ether oxygens (including phenoxy) is 5. The van der Waals surface area contributed by atoms with E-state index in [0.717, 1.165) is 0 Å². The van der Waals surface area contributed by atoms with Crippen LogP contribution in [0.3, 0.4) is 0 Å². The van der Waals surface area contributed by atoms with Crippen molar-refractivity contribution in [1.29, 1.82) is 0 Å². The minimum Gasteiger partial charge on any atom is -0.487 e. The Hall–Kier alpha value is -3.54. The first-order valence-corrected chi connectivity index (χ1v) is 9.65. The summed E-state index contributed by atoms with van der Waals surface area (Å²) in [6.07, 6.45) is -2.78. The zero-order valence-corrected chi connectivity index (χ0v) is 17.6. The molecule has 2 aromatic rings. The van der Waals surface area contributed by atoms with E-state index in [2.05, 4.69) is 10.3 Å². The molecular weight excluding hydrogens is 429 g/mol. The van der Waals surface area contributed by atoms with Gasteiger partial charge in [0.1, 0.15) is 23.9 Å². The van der Waals surface area contributed by atoms with Gasteiger partial charge >= 0.3 is 17.9 Å². The summed E-state index contributed by atoms with van der Waals surface area (Å²) in [7, 11) is 0. The lowest BCUT2D eigenvalue weighted by molar-refractivity contribution is -0.241. The van der Waals surface area contributed by atoms with Gasteiger partial charge in [-0.05, 0) is 24.3 Å². The summed E-state index contributed by atoms with van der Waals surface area (Å²) in [5.41, 5.74) is 0.408. The molecule has 4 atom stereocenters. The lowest BCUT2D eigenvalue weighted by Gasteiger charge is -2.40. The minimum atomic E-state index is -1.16. The van der Waals surface area contributed by atoms with Crippen LogP contribution >= 0.6 is 0 Å². The molecule has 0 radical (unpaired) electrons. The van der Waals surface area contributed by atoms with Crippen LogP contribution in [0.4, 0.5) is 4.39 Å². The average Bonchev–Trinajstić information content (AvgIpc) is 3.18. The van der Waals surface area contributed by atoms with E-state index < -0.39 is 42.4 Å². The van der Waals surface area contributed by atoms with E-state index in [4.69, 9.17) is 23.7 Å². The van der Waals surface area contributed by atoms with Gasteiger partial charge in [0.2, 0.25) is 0 Å². The van der Waals surface area contributed by atoms with Gasteiger partial charge in [0.15, 0.2) is 24.5 Å². The normalized spacial score (nSPS) is 22.6. The van der Waals surface area contributed by atoms with Crippen molar-refractivity contribution in [2.75, 3.05) is 6.61 Å². The number of hydrogen-bond acceptors (Lipinski definition) is 10. The van der Waals surface area contributed by atoms with Crippen molar-refractivity contribution in [2.24, 2.45) is 0 Å². The molecule has 0 spiro atoms. The van der Waals surface area contributed by atoms with E-state index in [1.165, 1.54) is 55.9 Å². The van der Waals surface area contributed by atoms with Gasteiger partial charge in [0, 0.05) is 20.8 Å². The third-order valence-corrected chi connectivity index (χ3v) is 4.34. The molecule has 172 valence electrons. The maximum absolute atomic E-state index is 13.0. The first kappa shape index (κ1) is 23.1. The van der Waals surface area contributed by atoms with Crippen LogP contribution in [0, 0.1) is 5.82 Å². The van der Waals surface area contributed by atoms with Crippen LogP contribution in [0.15, 0.2) is 30.5 Å². The van der Waals surface area contributed by atoms with Gasteiger partial charge in [0.25, 0.3) is 0 Å². The highest BCUT2D eigenvalue weighted by molar-refractivity contribution is 5.68. The fourth-order valence-corrected chi connectivity index (χ4v) is 3.14. The number of rotatable bonds is 7. The summed E-state index contributed by atoms with van der Waals surface area (Å²) >= 11 is 0. The fraction of sp³-hybridized carbons (Fsp3) is 0.450. The molecule has 1 aromatic heterocycles. The molecule has 12 heteroatoms. The summed E-state index contributed by atoms with van der Waals surface area (Å²) in [5.74, 6) is -1.88. The van der Waals surface area contributed by atoms with E-state index in [1.807, 2.05) is 0 Å². The Kier molecular flexibility index (Phi) is 7.36. The Labute approximate surface area is 182 Å². The zero-order valence-electron chi connectivity index (χ0n) is 17.6. The monoisotopic (exact) mass is 451 g/mol. The first-order valence-electron chi connectivity index (χ1n) is 9.65. The number of carbonyl (C=O) groups excluding carboxylic acids is 3. The number of aromatic nitrogens is 3. The van der Waals surface area contributed by atoms with Crippen LogP contribution < -0.4 is 4.74 Å². The average molecular weight is 451 g/mol. The summed E-state index contributed by atoms with van der Waals surface area (Å²) in [5, 5.41) is 7.98. The molecule has 0 unspecified atom stereocenters. The molecular formula is C20H22FN3O8. The molecule has 0 aliphatic carbocycles. The highest BCUT2D eigenvalue weighted by Gasteiger charge is 2.48. The Morgan fingerprint density at radius 2 is 1.66 bits per heavy atom. The van der Waals surface area contributed by atoms with E-state index in [-0.39, 0.29) is 19.0 Å². The van der Waals surface area contributed by atoms with Crippen LogP contribution in [0.5, 0.6) is 5.75 Å². The molecule has 1 fully saturated rings. The van der Waals surface area contributed by atoms with Gasteiger partial charge in [-0.15, -0.1) is 5.10 Å². The summed E-state index contributed by atoms with van der Waals surface area (Å²) < 4.78 is 41.4. The number of halogens is 1. The lowest BCUT2D eigenvalue weighted by atomic mass is 10.0. The van der Waals surface area contributed by atoms with Crippen molar-refractivity contribution >= 4 is 17.9 Å². The third-order valence-electron chi connectivity index (χ3n) is 4.34. The SMILES string of the molecule is CC(=O)O[C@@H]1[C@@H](OC(C)=O)[C@H](OC(C)=O)CO[C@H]1n1cc(COc2ccc(F)cc2)nn1. The second-order valence-electron chi connectivity index (χ2n) is 6.95. The molecule has 0 N–H and O–H groups in total. The number of esters is 3. The second kappa shape index (κ2) is 10.2. The van der Waals surface area contributed by atoms with Gasteiger partial charge < -0.3 is 23.7 Å². The van der Waals surface area contributed by atoms with Gasteiger partial charge in [-0.25, -0.2) is 9.07 Å². The maximum Gasteiger partial charge on any atom is 0.303 e. The smallest absolute Gasteiger partial charge is 0.303 e. The summed E-state index contributed by atoms with van der Waals surface area (Å²) in [6, 6.07) is 5.47. The van der Waals surface area contributed by atoms with Crippen LogP contribution in [0.25, 0.3) is 0 Å². The molecule has 3 rings (SSSR count). The molecule has 1 aliphatic heterocycles.